The molecule has 0 aliphatic heterocycles. The standard InChI is InChI=1S/C15H17ClNOP/c1-17(2)15(16)19(18,13-9-5-3-6-10-13)14-11-7-4-8-12-14/h3-12,15H,1-2H3. The monoisotopic (exact) mass is 293 g/mol. The quantitative estimate of drug-likeness (QED) is 0.490. The van der Waals surface area contributed by atoms with E-state index in [0.29, 0.717) is 0 Å². The number of alkyl halides is 1. The molecule has 2 aromatic carbocycles. The van der Waals surface area contributed by atoms with Crippen molar-refractivity contribution in [3.63, 3.8) is 0 Å². The van der Waals surface area contributed by atoms with E-state index in [1.807, 2.05) is 74.8 Å². The van der Waals surface area contributed by atoms with Gasteiger partial charge in [0.05, 0.1) is 0 Å². The van der Waals surface area contributed by atoms with Crippen molar-refractivity contribution in [1.82, 2.24) is 4.90 Å². The van der Waals surface area contributed by atoms with Gasteiger partial charge in [0.25, 0.3) is 0 Å². The number of hydrogen-bond donors (Lipinski definition) is 0. The predicted octanol–water partition coefficient (Wildman–Crippen LogP) is 3.08. The van der Waals surface area contributed by atoms with Crippen molar-refractivity contribution >= 4 is 29.4 Å². The Hall–Kier alpha value is -1.08. The average molecular weight is 294 g/mol. The van der Waals surface area contributed by atoms with E-state index in [1.165, 1.54) is 0 Å². The van der Waals surface area contributed by atoms with Crippen LogP contribution in [0.4, 0.5) is 0 Å². The number of rotatable bonds is 4. The molecule has 0 saturated carbocycles. The molecule has 1 atom stereocenters. The highest BCUT2D eigenvalue weighted by molar-refractivity contribution is 7.80. The molecule has 2 aromatic rings. The lowest BCUT2D eigenvalue weighted by Crippen LogP contribution is -2.32. The summed E-state index contributed by atoms with van der Waals surface area (Å²) in [7, 11) is 0.807. The molecular formula is C15H17ClNOP. The van der Waals surface area contributed by atoms with Crippen LogP contribution in [0.1, 0.15) is 0 Å². The Morgan fingerprint density at radius 2 is 1.26 bits per heavy atom. The van der Waals surface area contributed by atoms with Crippen LogP contribution in [-0.2, 0) is 4.57 Å². The van der Waals surface area contributed by atoms with Crippen LogP contribution >= 0.6 is 18.7 Å². The first kappa shape index (κ1) is 14.3. The molecule has 0 radical (unpaired) electrons. The van der Waals surface area contributed by atoms with E-state index in [4.69, 9.17) is 11.6 Å². The zero-order valence-electron chi connectivity index (χ0n) is 11.0. The summed E-state index contributed by atoms with van der Waals surface area (Å²) in [6, 6.07) is 18.9. The molecule has 0 N–H and O–H groups in total. The Bertz CT molecular complexity index is 528. The van der Waals surface area contributed by atoms with Gasteiger partial charge in [-0.2, -0.15) is 0 Å². The smallest absolute Gasteiger partial charge is 0.174 e. The van der Waals surface area contributed by atoms with E-state index in [0.717, 1.165) is 10.6 Å². The Morgan fingerprint density at radius 1 is 0.895 bits per heavy atom. The maximum atomic E-state index is 13.6. The Balaban J connectivity index is 2.61. The van der Waals surface area contributed by atoms with Crippen molar-refractivity contribution in [2.45, 2.75) is 5.24 Å². The number of halogens is 1. The van der Waals surface area contributed by atoms with Crippen LogP contribution in [0.5, 0.6) is 0 Å². The van der Waals surface area contributed by atoms with Crippen molar-refractivity contribution in [3.05, 3.63) is 60.7 Å². The molecule has 0 saturated heterocycles. The largest absolute Gasteiger partial charge is 0.311 e. The van der Waals surface area contributed by atoms with Crippen molar-refractivity contribution in [2.24, 2.45) is 0 Å². The summed E-state index contributed by atoms with van der Waals surface area (Å²) < 4.78 is 13.6. The Labute approximate surface area is 119 Å². The molecule has 0 aliphatic rings. The van der Waals surface area contributed by atoms with Crippen LogP contribution in [0, 0.1) is 0 Å². The molecule has 0 aromatic heterocycles. The van der Waals surface area contributed by atoms with Crippen molar-refractivity contribution in [2.75, 3.05) is 14.1 Å². The fourth-order valence-electron chi connectivity index (χ4n) is 2.02. The topological polar surface area (TPSA) is 20.3 Å². The van der Waals surface area contributed by atoms with E-state index in [1.54, 1.807) is 4.90 Å². The van der Waals surface area contributed by atoms with Gasteiger partial charge in [-0.1, -0.05) is 72.3 Å². The number of benzene rings is 2. The minimum atomic E-state index is -2.88. The molecule has 2 nitrogen and oxygen atoms in total. The lowest BCUT2D eigenvalue weighted by molar-refractivity contribution is 0.437. The van der Waals surface area contributed by atoms with Crippen LogP contribution in [0.25, 0.3) is 0 Å². The summed E-state index contributed by atoms with van der Waals surface area (Å²) in [6.45, 7) is 0. The van der Waals surface area contributed by atoms with Crippen molar-refractivity contribution < 1.29 is 4.57 Å². The fourth-order valence-corrected chi connectivity index (χ4v) is 5.37. The van der Waals surface area contributed by atoms with Gasteiger partial charge in [0.15, 0.2) is 7.14 Å². The summed E-state index contributed by atoms with van der Waals surface area (Å²) in [4.78, 5) is 1.79. The SMILES string of the molecule is CN(C)C(Cl)P(=O)(c1ccccc1)c1ccccc1. The summed E-state index contributed by atoms with van der Waals surface area (Å²) in [5.41, 5.74) is 0. The van der Waals surface area contributed by atoms with E-state index >= 15 is 0 Å². The highest BCUT2D eigenvalue weighted by Gasteiger charge is 2.36. The molecule has 1 unspecified atom stereocenters. The van der Waals surface area contributed by atoms with E-state index in [-0.39, 0.29) is 0 Å². The van der Waals surface area contributed by atoms with Gasteiger partial charge in [0.2, 0.25) is 0 Å². The summed E-state index contributed by atoms with van der Waals surface area (Å²) >= 11 is 6.45. The first-order valence-corrected chi connectivity index (χ1v) is 8.29. The second-order valence-electron chi connectivity index (χ2n) is 4.60. The van der Waals surface area contributed by atoms with Crippen LogP contribution < -0.4 is 10.6 Å². The Morgan fingerprint density at radius 3 is 1.58 bits per heavy atom. The van der Waals surface area contributed by atoms with Gasteiger partial charge >= 0.3 is 0 Å². The number of hydrogen-bond acceptors (Lipinski definition) is 2. The normalized spacial score (nSPS) is 13.5. The molecule has 0 aliphatic carbocycles. The third kappa shape index (κ3) is 2.76. The molecular weight excluding hydrogens is 277 g/mol. The zero-order valence-corrected chi connectivity index (χ0v) is 12.7. The van der Waals surface area contributed by atoms with Gasteiger partial charge in [-0.15, -0.1) is 0 Å². The van der Waals surface area contributed by atoms with Gasteiger partial charge in [-0.05, 0) is 14.1 Å². The van der Waals surface area contributed by atoms with E-state index in [2.05, 4.69) is 0 Å². The second-order valence-corrected chi connectivity index (χ2v) is 8.16. The maximum absolute atomic E-state index is 13.6. The molecule has 0 bridgehead atoms. The fraction of sp³-hybridized carbons (Fsp3) is 0.200. The number of nitrogens with zero attached hydrogens (tertiary/aromatic N) is 1. The molecule has 100 valence electrons. The van der Waals surface area contributed by atoms with Gasteiger partial charge < -0.3 is 4.57 Å². The van der Waals surface area contributed by atoms with Gasteiger partial charge in [0.1, 0.15) is 5.24 Å². The summed E-state index contributed by atoms with van der Waals surface area (Å²) in [5, 5.41) is 1.02. The first-order valence-electron chi connectivity index (χ1n) is 6.08. The summed E-state index contributed by atoms with van der Waals surface area (Å²) in [6.07, 6.45) is 0. The second kappa shape index (κ2) is 5.92. The minimum Gasteiger partial charge on any atom is -0.311 e. The Kier molecular flexibility index (Phi) is 4.46. The lowest BCUT2D eigenvalue weighted by Gasteiger charge is -2.28. The third-order valence-electron chi connectivity index (χ3n) is 3.01. The van der Waals surface area contributed by atoms with E-state index < -0.39 is 12.4 Å². The molecule has 0 amide bonds. The van der Waals surface area contributed by atoms with Gasteiger partial charge in [0, 0.05) is 10.6 Å². The van der Waals surface area contributed by atoms with Crippen LogP contribution in [-0.4, -0.2) is 24.2 Å². The van der Waals surface area contributed by atoms with Gasteiger partial charge in [-0.25, -0.2) is 0 Å². The maximum Gasteiger partial charge on any atom is 0.174 e. The minimum absolute atomic E-state index is 0.558. The highest BCUT2D eigenvalue weighted by Crippen LogP contribution is 2.50. The molecule has 4 heteroatoms. The zero-order chi connectivity index (χ0) is 13.9. The molecule has 2 rings (SSSR count). The first-order chi connectivity index (χ1) is 9.06. The van der Waals surface area contributed by atoms with Crippen LogP contribution in [0.2, 0.25) is 0 Å². The average Bonchev–Trinajstić information content (AvgIpc) is 2.47. The molecule has 0 heterocycles. The molecule has 0 spiro atoms. The predicted molar refractivity (Wildman–Crippen MR) is 83.1 cm³/mol. The van der Waals surface area contributed by atoms with E-state index in [9.17, 15) is 4.57 Å². The lowest BCUT2D eigenvalue weighted by atomic mass is 10.4. The third-order valence-corrected chi connectivity index (χ3v) is 7.41. The van der Waals surface area contributed by atoms with Crippen molar-refractivity contribution in [1.29, 1.82) is 0 Å². The van der Waals surface area contributed by atoms with Crippen LogP contribution in [0.3, 0.4) is 0 Å². The highest BCUT2D eigenvalue weighted by atomic mass is 35.5. The molecule has 0 fully saturated rings. The van der Waals surface area contributed by atoms with Crippen LogP contribution in [0.15, 0.2) is 60.7 Å². The van der Waals surface area contributed by atoms with Gasteiger partial charge in [-0.3, -0.25) is 4.90 Å². The summed E-state index contributed by atoms with van der Waals surface area (Å²) in [5.74, 6) is 0. The molecule has 19 heavy (non-hydrogen) atoms. The van der Waals surface area contributed by atoms with Crippen molar-refractivity contribution in [3.8, 4) is 0 Å².